The van der Waals surface area contributed by atoms with Crippen molar-refractivity contribution in [1.82, 2.24) is 10.0 Å². The van der Waals surface area contributed by atoms with Gasteiger partial charge in [0.2, 0.25) is 0 Å². The standard InChI is InChI=1S/C30H34ClFN2O2S.CHP/c31-25-9-7-24(8-10-25)30(15-2-16-30)29-28-21-26(11-6-23(28)14-18-33-29)36-20-19-34-37(35)27-12-4-22(5-13-27)3-1-17-32;1-2/h4-13,21,29,33-34H,1-3,14-20H2;1H. The van der Waals surface area contributed by atoms with Crippen LogP contribution < -0.4 is 14.8 Å². The molecule has 2 N–H and O–H groups in total. The Hall–Kier alpha value is -2.04. The molecule has 0 aromatic heterocycles. The average Bonchev–Trinajstić information content (AvgIpc) is 2.96. The number of alkyl halides is 1. The Morgan fingerprint density at radius 2 is 1.85 bits per heavy atom. The number of halogens is 2. The third-order valence-electron chi connectivity index (χ3n) is 7.73. The van der Waals surface area contributed by atoms with Crippen LogP contribution in [0.4, 0.5) is 4.39 Å². The molecule has 0 saturated heterocycles. The molecular weight excluding hydrogens is 550 g/mol. The molecule has 3 aromatic carbocycles. The van der Waals surface area contributed by atoms with Crippen molar-refractivity contribution in [3.8, 4) is 11.9 Å². The van der Waals surface area contributed by atoms with E-state index in [1.54, 1.807) is 0 Å². The number of hydrogen-bond donors (Lipinski definition) is 2. The van der Waals surface area contributed by atoms with Crippen LogP contribution in [0.3, 0.4) is 0 Å². The van der Waals surface area contributed by atoms with Gasteiger partial charge in [-0.15, -0.1) is 0 Å². The Kier molecular flexibility index (Phi) is 11.2. The minimum Gasteiger partial charge on any atom is -0.492 e. The summed E-state index contributed by atoms with van der Waals surface area (Å²) in [5.41, 5.74) is 5.19. The van der Waals surface area contributed by atoms with Gasteiger partial charge in [0.15, 0.2) is 0 Å². The van der Waals surface area contributed by atoms with Crippen LogP contribution in [-0.4, -0.2) is 30.6 Å². The predicted molar refractivity (Wildman–Crippen MR) is 160 cm³/mol. The van der Waals surface area contributed by atoms with E-state index in [1.807, 2.05) is 42.5 Å². The fourth-order valence-corrected chi connectivity index (χ4v) is 6.58. The Bertz CT molecular complexity index is 1270. The van der Waals surface area contributed by atoms with E-state index in [1.165, 1.54) is 23.1 Å². The van der Waals surface area contributed by atoms with Gasteiger partial charge in [0.05, 0.1) is 11.6 Å². The van der Waals surface area contributed by atoms with Crippen molar-refractivity contribution in [2.45, 2.75) is 54.9 Å². The molecule has 2 unspecified atom stereocenters. The number of rotatable bonds is 11. The largest absolute Gasteiger partial charge is 0.492 e. The first kappa shape index (κ1) is 29.9. The Morgan fingerprint density at radius 1 is 1.10 bits per heavy atom. The third kappa shape index (κ3) is 7.19. The number of nitrogens with one attached hydrogen (secondary N) is 2. The molecular formula is C31H35ClFN2O2PS. The zero-order valence-electron chi connectivity index (χ0n) is 22.0. The number of benzene rings is 3. The normalized spacial score (nSPS) is 18.1. The molecule has 2 atom stereocenters. The first-order valence-electron chi connectivity index (χ1n) is 13.4. The van der Waals surface area contributed by atoms with E-state index in [0.29, 0.717) is 30.9 Å². The van der Waals surface area contributed by atoms with Crippen LogP contribution in [0.1, 0.15) is 54.0 Å². The summed E-state index contributed by atoms with van der Waals surface area (Å²) >= 11 is 6.18. The number of aryl methyl sites for hydroxylation is 1. The molecule has 0 bridgehead atoms. The summed E-state index contributed by atoms with van der Waals surface area (Å²) in [5.74, 6) is 0.836. The monoisotopic (exact) mass is 584 g/mol. The summed E-state index contributed by atoms with van der Waals surface area (Å²) in [4.78, 5) is 0.708. The molecule has 0 amide bonds. The Balaban J connectivity index is 0.00000172. The van der Waals surface area contributed by atoms with Crippen molar-refractivity contribution in [3.63, 3.8) is 0 Å². The summed E-state index contributed by atoms with van der Waals surface area (Å²) in [7, 11) is 1.71. The summed E-state index contributed by atoms with van der Waals surface area (Å²) in [6, 6.07) is 22.5. The first-order chi connectivity index (χ1) is 19.1. The van der Waals surface area contributed by atoms with Crippen molar-refractivity contribution in [1.29, 1.82) is 0 Å². The second-order valence-electron chi connectivity index (χ2n) is 9.96. The van der Waals surface area contributed by atoms with Crippen LogP contribution in [-0.2, 0) is 29.2 Å². The van der Waals surface area contributed by atoms with Gasteiger partial charge in [0.25, 0.3) is 0 Å². The van der Waals surface area contributed by atoms with E-state index in [2.05, 4.69) is 49.1 Å². The topological polar surface area (TPSA) is 50.4 Å². The number of hydrogen-bond acceptors (Lipinski definition) is 3. The van der Waals surface area contributed by atoms with Crippen molar-refractivity contribution >= 4 is 31.3 Å². The second kappa shape index (κ2) is 14.6. The molecule has 1 saturated carbocycles. The fourth-order valence-electron chi connectivity index (χ4n) is 5.63. The van der Waals surface area contributed by atoms with Crippen LogP contribution in [0.25, 0.3) is 0 Å². The smallest absolute Gasteiger partial charge is 0.124 e. The molecule has 8 heteroatoms. The van der Waals surface area contributed by atoms with Crippen molar-refractivity contribution < 1.29 is 13.3 Å². The molecule has 39 heavy (non-hydrogen) atoms. The molecule has 3 aromatic rings. The van der Waals surface area contributed by atoms with Crippen molar-refractivity contribution in [2.75, 3.05) is 26.4 Å². The zero-order valence-corrected chi connectivity index (χ0v) is 24.5. The summed E-state index contributed by atoms with van der Waals surface area (Å²) < 4.78 is 34.1. The van der Waals surface area contributed by atoms with Gasteiger partial charge in [-0.2, -0.15) is 0 Å². The van der Waals surface area contributed by atoms with Gasteiger partial charge in [-0.3, -0.25) is 4.39 Å². The van der Waals surface area contributed by atoms with Crippen LogP contribution in [0.2, 0.25) is 5.02 Å². The van der Waals surface area contributed by atoms with Gasteiger partial charge in [-0.25, -0.2) is 8.93 Å². The maximum Gasteiger partial charge on any atom is 0.124 e. The first-order valence-corrected chi connectivity index (χ1v) is 15.4. The van der Waals surface area contributed by atoms with Crippen LogP contribution >= 0.6 is 20.3 Å². The SMILES string of the molecule is C#P.O=S(NCCOc1ccc2c(c1)C(C1(c3ccc(Cl)cc3)CCC1)NCC2)c1ccc(CCCF)cc1. The molecule has 1 heterocycles. The summed E-state index contributed by atoms with van der Waals surface area (Å²) in [6.07, 6.45) is 9.96. The maximum atomic E-state index is 12.6. The van der Waals surface area contributed by atoms with E-state index in [-0.39, 0.29) is 18.1 Å². The van der Waals surface area contributed by atoms with E-state index >= 15 is 0 Å². The fraction of sp³-hybridized carbons (Fsp3) is 0.387. The molecule has 206 valence electrons. The van der Waals surface area contributed by atoms with Gasteiger partial charge < -0.3 is 10.1 Å². The van der Waals surface area contributed by atoms with Gasteiger partial charge in [0.1, 0.15) is 23.3 Å². The number of ether oxygens (including phenoxy) is 1. The molecule has 1 aliphatic carbocycles. The maximum absolute atomic E-state index is 12.6. The molecule has 0 spiro atoms. The predicted octanol–water partition coefficient (Wildman–Crippen LogP) is 7.23. The zero-order chi connectivity index (χ0) is 27.7. The van der Waals surface area contributed by atoms with Crippen LogP contribution in [0.15, 0.2) is 71.6 Å². The Morgan fingerprint density at radius 3 is 2.51 bits per heavy atom. The molecule has 4 nitrogen and oxygen atoms in total. The van der Waals surface area contributed by atoms with Gasteiger partial charge in [0, 0.05) is 23.0 Å². The van der Waals surface area contributed by atoms with E-state index < -0.39 is 11.0 Å². The van der Waals surface area contributed by atoms with Crippen LogP contribution in [0.5, 0.6) is 5.75 Å². The average molecular weight is 585 g/mol. The molecule has 2 aliphatic rings. The number of fused-ring (bicyclic) bond motifs is 1. The van der Waals surface area contributed by atoms with Crippen molar-refractivity contribution in [2.24, 2.45) is 0 Å². The van der Waals surface area contributed by atoms with Crippen molar-refractivity contribution in [3.05, 3.63) is 94.0 Å². The van der Waals surface area contributed by atoms with Gasteiger partial charge >= 0.3 is 14.8 Å². The minimum atomic E-state index is -1.31. The summed E-state index contributed by atoms with van der Waals surface area (Å²) in [5, 5.41) is 4.58. The summed E-state index contributed by atoms with van der Waals surface area (Å²) in [6.45, 7) is 1.53. The quantitative estimate of drug-likeness (QED) is 0.185. The van der Waals surface area contributed by atoms with Crippen LogP contribution in [0, 0.1) is 6.13 Å². The molecule has 5 rings (SSSR count). The van der Waals surface area contributed by atoms with E-state index in [0.717, 1.165) is 42.1 Å². The van der Waals surface area contributed by atoms with Gasteiger partial charge in [-0.1, -0.05) is 48.4 Å². The molecule has 1 aliphatic heterocycles. The van der Waals surface area contributed by atoms with E-state index in [4.69, 9.17) is 16.3 Å². The van der Waals surface area contributed by atoms with E-state index in [9.17, 15) is 8.60 Å². The molecule has 1 fully saturated rings. The second-order valence-corrected chi connectivity index (χ2v) is 11.7. The van der Waals surface area contributed by atoms with Gasteiger partial charge in [-0.05, 0) is 97.3 Å². The third-order valence-corrected chi connectivity index (χ3v) is 9.15. The molecule has 0 radical (unpaired) electrons. The minimum absolute atomic E-state index is 0.0816. The Labute approximate surface area is 241 Å².